The first-order valence-electron chi connectivity index (χ1n) is 5.67. The standard InChI is InChI=1S/C12H10O6S4.2Na/c13-21(14,15)11-7-3-1-5-9(11)19-20-10-6-2-4-8-12(10)22(16,17)18;;/h1-8H,(H,13,14,15)(H,16,17,18);;. The molecule has 2 aromatic carbocycles. The van der Waals surface area contributed by atoms with Gasteiger partial charge in [-0.15, -0.1) is 0 Å². The SMILES string of the molecule is O=S(=O)(O)c1ccccc1SSc1ccccc1S(=O)(=O)O.[Na].[Na]. The Morgan fingerprint density at radius 1 is 0.625 bits per heavy atom. The van der Waals surface area contributed by atoms with Gasteiger partial charge in [0.05, 0.1) is 0 Å². The van der Waals surface area contributed by atoms with Crippen LogP contribution in [0, 0.1) is 0 Å². The predicted octanol–water partition coefficient (Wildman–Crippen LogP) is 2.22. The minimum absolute atomic E-state index is 0. The second-order valence-corrected chi connectivity index (χ2v) is 9.00. The zero-order valence-electron chi connectivity index (χ0n) is 12.8. The summed E-state index contributed by atoms with van der Waals surface area (Å²) >= 11 is 0. The van der Waals surface area contributed by atoms with Gasteiger partial charge < -0.3 is 0 Å². The van der Waals surface area contributed by atoms with Crippen molar-refractivity contribution in [1.29, 1.82) is 0 Å². The van der Waals surface area contributed by atoms with E-state index in [4.69, 9.17) is 9.11 Å². The molecule has 0 amide bonds. The van der Waals surface area contributed by atoms with Crippen LogP contribution >= 0.6 is 21.6 Å². The molecule has 0 unspecified atom stereocenters. The first-order valence-corrected chi connectivity index (χ1v) is 10.7. The third-order valence-electron chi connectivity index (χ3n) is 2.48. The molecule has 2 radical (unpaired) electrons. The van der Waals surface area contributed by atoms with E-state index >= 15 is 0 Å². The zero-order valence-corrected chi connectivity index (χ0v) is 20.0. The molecule has 0 aliphatic rings. The molecule has 0 bridgehead atoms. The smallest absolute Gasteiger partial charge is 0.282 e. The van der Waals surface area contributed by atoms with Crippen LogP contribution in [-0.2, 0) is 20.2 Å². The molecule has 2 rings (SSSR count). The van der Waals surface area contributed by atoms with Gasteiger partial charge in [0.2, 0.25) is 0 Å². The Morgan fingerprint density at radius 2 is 0.917 bits per heavy atom. The molecule has 0 aromatic heterocycles. The Hall–Kier alpha value is 0.960. The summed E-state index contributed by atoms with van der Waals surface area (Å²) in [7, 11) is -6.84. The third-order valence-corrected chi connectivity index (χ3v) is 7.04. The van der Waals surface area contributed by atoms with Crippen LogP contribution in [0.3, 0.4) is 0 Å². The first-order chi connectivity index (χ1) is 10.2. The van der Waals surface area contributed by atoms with E-state index < -0.39 is 20.2 Å². The van der Waals surface area contributed by atoms with E-state index in [0.717, 1.165) is 21.6 Å². The van der Waals surface area contributed by atoms with Gasteiger partial charge in [0, 0.05) is 68.9 Å². The van der Waals surface area contributed by atoms with Crippen LogP contribution in [0.25, 0.3) is 0 Å². The van der Waals surface area contributed by atoms with E-state index in [1.54, 1.807) is 12.1 Å². The summed E-state index contributed by atoms with van der Waals surface area (Å²) in [6, 6.07) is 11.6. The minimum Gasteiger partial charge on any atom is -0.282 e. The molecule has 2 aromatic rings. The van der Waals surface area contributed by atoms with E-state index in [0.29, 0.717) is 0 Å². The summed E-state index contributed by atoms with van der Waals surface area (Å²) in [4.78, 5) is -0.0334. The molecule has 0 aliphatic heterocycles. The molecule has 0 fully saturated rings. The van der Waals surface area contributed by atoms with E-state index in [2.05, 4.69) is 0 Å². The molecule has 0 saturated heterocycles. The van der Waals surface area contributed by atoms with Gasteiger partial charge in [-0.05, 0) is 24.3 Å². The van der Waals surface area contributed by atoms with Gasteiger partial charge in [-0.25, -0.2) is 0 Å². The fourth-order valence-corrected chi connectivity index (χ4v) is 6.06. The Bertz CT molecular complexity index is 824. The van der Waals surface area contributed by atoms with Crippen molar-refractivity contribution in [3.63, 3.8) is 0 Å². The van der Waals surface area contributed by atoms with Crippen LogP contribution in [0.1, 0.15) is 0 Å². The average Bonchev–Trinajstić information content (AvgIpc) is 2.44. The van der Waals surface area contributed by atoms with E-state index in [1.165, 1.54) is 36.4 Å². The predicted molar refractivity (Wildman–Crippen MR) is 95.7 cm³/mol. The molecule has 24 heavy (non-hydrogen) atoms. The maximum absolute atomic E-state index is 11.3. The van der Waals surface area contributed by atoms with Crippen molar-refractivity contribution < 1.29 is 25.9 Å². The van der Waals surface area contributed by atoms with Gasteiger partial charge in [-0.2, -0.15) is 16.8 Å². The van der Waals surface area contributed by atoms with Crippen molar-refractivity contribution in [2.24, 2.45) is 0 Å². The summed E-state index contributed by atoms with van der Waals surface area (Å²) in [6.07, 6.45) is 0. The van der Waals surface area contributed by atoms with Gasteiger partial charge in [0.25, 0.3) is 20.2 Å². The van der Waals surface area contributed by atoms with Gasteiger partial charge in [-0.3, -0.25) is 9.11 Å². The van der Waals surface area contributed by atoms with Crippen LogP contribution in [0.15, 0.2) is 68.1 Å². The van der Waals surface area contributed by atoms with Crippen molar-refractivity contribution in [1.82, 2.24) is 0 Å². The first kappa shape index (κ1) is 25.0. The molecule has 0 aliphatic carbocycles. The second kappa shape index (κ2) is 10.3. The quantitative estimate of drug-likeness (QED) is 0.427. The summed E-state index contributed by atoms with van der Waals surface area (Å²) in [6.45, 7) is 0. The van der Waals surface area contributed by atoms with Crippen LogP contribution in [0.4, 0.5) is 0 Å². The molecule has 0 spiro atoms. The van der Waals surface area contributed by atoms with Gasteiger partial charge in [0.15, 0.2) is 0 Å². The molecular formula is C12H10Na2O6S4. The Balaban J connectivity index is 0.00000264. The zero-order chi connectivity index (χ0) is 16.4. The van der Waals surface area contributed by atoms with Crippen LogP contribution in [0.2, 0.25) is 0 Å². The van der Waals surface area contributed by atoms with Crippen LogP contribution in [0.5, 0.6) is 0 Å². The number of hydrogen-bond donors (Lipinski definition) is 2. The molecule has 0 saturated carbocycles. The van der Waals surface area contributed by atoms with Crippen LogP contribution < -0.4 is 0 Å². The fraction of sp³-hybridized carbons (Fsp3) is 0. The van der Waals surface area contributed by atoms with Gasteiger partial charge in [0.1, 0.15) is 9.79 Å². The second-order valence-electron chi connectivity index (χ2n) is 4.01. The summed E-state index contributed by atoms with van der Waals surface area (Å²) in [5.74, 6) is 0. The maximum Gasteiger partial charge on any atom is 0.295 e. The number of benzene rings is 2. The largest absolute Gasteiger partial charge is 0.295 e. The van der Waals surface area contributed by atoms with Crippen LogP contribution in [-0.4, -0.2) is 85.1 Å². The van der Waals surface area contributed by atoms with E-state index in [9.17, 15) is 16.8 Å². The summed E-state index contributed by atoms with van der Waals surface area (Å²) < 4.78 is 63.5. The van der Waals surface area contributed by atoms with Crippen molar-refractivity contribution >= 4 is 101 Å². The average molecular weight is 424 g/mol. The molecule has 2 N–H and O–H groups in total. The monoisotopic (exact) mass is 424 g/mol. The Morgan fingerprint density at radius 3 is 1.21 bits per heavy atom. The van der Waals surface area contributed by atoms with Gasteiger partial charge >= 0.3 is 0 Å². The molecule has 12 heteroatoms. The van der Waals surface area contributed by atoms with E-state index in [1.807, 2.05) is 0 Å². The van der Waals surface area contributed by atoms with Crippen molar-refractivity contribution in [2.75, 3.05) is 0 Å². The minimum atomic E-state index is -4.38. The molecule has 0 heterocycles. The molecule has 0 atom stereocenters. The van der Waals surface area contributed by atoms with Crippen molar-refractivity contribution in [3.8, 4) is 0 Å². The van der Waals surface area contributed by atoms with E-state index in [-0.39, 0.29) is 78.7 Å². The number of rotatable bonds is 5. The molecule has 120 valence electrons. The summed E-state index contributed by atoms with van der Waals surface area (Å²) in [5, 5.41) is 0. The fourth-order valence-electron chi connectivity index (χ4n) is 1.55. The Labute approximate surface area is 192 Å². The molecular weight excluding hydrogens is 414 g/mol. The third kappa shape index (κ3) is 6.93. The molecule has 6 nitrogen and oxygen atoms in total. The topological polar surface area (TPSA) is 109 Å². The van der Waals surface area contributed by atoms with Crippen molar-refractivity contribution in [3.05, 3.63) is 48.5 Å². The number of hydrogen-bond acceptors (Lipinski definition) is 6. The summed E-state index contributed by atoms with van der Waals surface area (Å²) in [5.41, 5.74) is 0. The normalized spacial score (nSPS) is 11.2. The van der Waals surface area contributed by atoms with Gasteiger partial charge in [-0.1, -0.05) is 45.9 Å². The maximum atomic E-state index is 11.3. The Kier molecular flexibility index (Phi) is 10.7. The van der Waals surface area contributed by atoms with Crippen molar-refractivity contribution in [2.45, 2.75) is 19.6 Å².